The molecule has 1 aliphatic rings. The molecule has 1 aromatic carbocycles. The predicted octanol–water partition coefficient (Wildman–Crippen LogP) is 5.39. The first-order chi connectivity index (χ1) is 9.41. The molecule has 0 aliphatic heterocycles. The van der Waals surface area contributed by atoms with E-state index in [0.717, 1.165) is 30.9 Å². The lowest BCUT2D eigenvalue weighted by Crippen LogP contribution is -2.32. The van der Waals surface area contributed by atoms with Crippen molar-refractivity contribution in [3.8, 4) is 0 Å². The zero-order chi connectivity index (χ0) is 14.8. The number of alkyl halides is 3. The summed E-state index contributed by atoms with van der Waals surface area (Å²) >= 11 is 0. The Morgan fingerprint density at radius 3 is 2.55 bits per heavy atom. The fourth-order valence-corrected chi connectivity index (χ4v) is 3.04. The maximum atomic E-state index is 12.8. The summed E-state index contributed by atoms with van der Waals surface area (Å²) in [7, 11) is 0. The molecule has 1 N–H and O–H groups in total. The second-order valence-electron chi connectivity index (χ2n) is 5.73. The molecule has 2 rings (SSSR count). The van der Waals surface area contributed by atoms with Crippen LogP contribution in [0.2, 0.25) is 0 Å². The van der Waals surface area contributed by atoms with Crippen LogP contribution in [-0.2, 0) is 6.18 Å². The molecule has 0 spiro atoms. The summed E-state index contributed by atoms with van der Waals surface area (Å²) in [5, 5.41) is 3.36. The molecule has 0 heterocycles. The van der Waals surface area contributed by atoms with Gasteiger partial charge in [0.05, 0.1) is 5.56 Å². The lowest BCUT2D eigenvalue weighted by Gasteiger charge is -2.33. The molecule has 1 nitrogen and oxygen atoms in total. The Morgan fingerprint density at radius 1 is 1.20 bits per heavy atom. The van der Waals surface area contributed by atoms with Gasteiger partial charge in [-0.1, -0.05) is 32.3 Å². The van der Waals surface area contributed by atoms with Gasteiger partial charge in [0.2, 0.25) is 0 Å². The molecule has 1 aromatic rings. The van der Waals surface area contributed by atoms with Gasteiger partial charge in [0.1, 0.15) is 0 Å². The molecular weight excluding hydrogens is 263 g/mol. The van der Waals surface area contributed by atoms with Gasteiger partial charge in [-0.2, -0.15) is 13.2 Å². The number of nitrogens with one attached hydrogen (secondary N) is 1. The first-order valence-corrected chi connectivity index (χ1v) is 7.36. The smallest absolute Gasteiger partial charge is 0.382 e. The summed E-state index contributed by atoms with van der Waals surface area (Å²) in [4.78, 5) is 0. The van der Waals surface area contributed by atoms with Crippen LogP contribution in [0.25, 0.3) is 0 Å². The van der Waals surface area contributed by atoms with Gasteiger partial charge in [0, 0.05) is 11.7 Å². The van der Waals surface area contributed by atoms with Gasteiger partial charge in [0.25, 0.3) is 0 Å². The monoisotopic (exact) mass is 285 g/mol. The number of benzene rings is 1. The lowest BCUT2D eigenvalue weighted by molar-refractivity contribution is -0.137. The summed E-state index contributed by atoms with van der Waals surface area (Å²) in [6.45, 7) is 4.01. The molecule has 112 valence electrons. The number of halogens is 3. The molecule has 20 heavy (non-hydrogen) atoms. The zero-order valence-corrected chi connectivity index (χ0v) is 12.1. The molecule has 0 radical (unpaired) electrons. The Bertz CT molecular complexity index is 454. The predicted molar refractivity (Wildman–Crippen MR) is 75.8 cm³/mol. The van der Waals surface area contributed by atoms with Crippen molar-refractivity contribution in [1.82, 2.24) is 0 Å². The Labute approximate surface area is 118 Å². The SMILES string of the molecule is CCC1CCCCC1Nc1cc(C(F)(F)F)ccc1C. The van der Waals surface area contributed by atoms with Crippen LogP contribution in [-0.4, -0.2) is 6.04 Å². The van der Waals surface area contributed by atoms with Crippen LogP contribution < -0.4 is 5.32 Å². The summed E-state index contributed by atoms with van der Waals surface area (Å²) in [6.07, 6.45) is 1.42. The minimum atomic E-state index is -4.28. The zero-order valence-electron chi connectivity index (χ0n) is 12.1. The Balaban J connectivity index is 2.19. The third-order valence-electron chi connectivity index (χ3n) is 4.34. The Kier molecular flexibility index (Phi) is 4.61. The third kappa shape index (κ3) is 3.47. The summed E-state index contributed by atoms with van der Waals surface area (Å²) in [6, 6.07) is 4.25. The highest BCUT2D eigenvalue weighted by Crippen LogP contribution is 2.34. The molecule has 0 aromatic heterocycles. The van der Waals surface area contributed by atoms with Gasteiger partial charge in [-0.25, -0.2) is 0 Å². The molecule has 4 heteroatoms. The maximum absolute atomic E-state index is 12.8. The minimum Gasteiger partial charge on any atom is -0.382 e. The number of hydrogen-bond acceptors (Lipinski definition) is 1. The van der Waals surface area contributed by atoms with Crippen molar-refractivity contribution in [2.75, 3.05) is 5.32 Å². The van der Waals surface area contributed by atoms with E-state index < -0.39 is 11.7 Å². The molecule has 0 bridgehead atoms. The molecule has 2 unspecified atom stereocenters. The van der Waals surface area contributed by atoms with E-state index in [2.05, 4.69) is 12.2 Å². The minimum absolute atomic E-state index is 0.302. The summed E-state index contributed by atoms with van der Waals surface area (Å²) < 4.78 is 38.4. The normalized spacial score (nSPS) is 23.6. The van der Waals surface area contributed by atoms with E-state index >= 15 is 0 Å². The highest BCUT2D eigenvalue weighted by molar-refractivity contribution is 5.54. The average molecular weight is 285 g/mol. The number of rotatable bonds is 3. The number of hydrogen-bond donors (Lipinski definition) is 1. The average Bonchev–Trinajstić information content (AvgIpc) is 2.40. The van der Waals surface area contributed by atoms with Crippen molar-refractivity contribution >= 4 is 5.69 Å². The Morgan fingerprint density at radius 2 is 1.90 bits per heavy atom. The van der Waals surface area contributed by atoms with Gasteiger partial charge in [-0.05, 0) is 43.4 Å². The summed E-state index contributed by atoms with van der Waals surface area (Å²) in [5.74, 6) is 0.567. The van der Waals surface area contributed by atoms with E-state index in [0.29, 0.717) is 17.6 Å². The molecular formula is C16H22F3N. The maximum Gasteiger partial charge on any atom is 0.416 e. The molecule has 0 saturated heterocycles. The van der Waals surface area contributed by atoms with E-state index in [9.17, 15) is 13.2 Å². The molecule has 1 fully saturated rings. The topological polar surface area (TPSA) is 12.0 Å². The lowest BCUT2D eigenvalue weighted by atomic mass is 9.82. The van der Waals surface area contributed by atoms with Crippen LogP contribution in [0.15, 0.2) is 18.2 Å². The highest BCUT2D eigenvalue weighted by Gasteiger charge is 2.31. The quantitative estimate of drug-likeness (QED) is 0.784. The van der Waals surface area contributed by atoms with Crippen molar-refractivity contribution in [2.45, 2.75) is 58.2 Å². The fourth-order valence-electron chi connectivity index (χ4n) is 3.04. The van der Waals surface area contributed by atoms with Crippen LogP contribution in [0.4, 0.5) is 18.9 Å². The number of aryl methyl sites for hydroxylation is 1. The van der Waals surface area contributed by atoms with Gasteiger partial charge in [-0.3, -0.25) is 0 Å². The van der Waals surface area contributed by atoms with Crippen molar-refractivity contribution in [3.63, 3.8) is 0 Å². The van der Waals surface area contributed by atoms with Crippen LogP contribution in [0.5, 0.6) is 0 Å². The van der Waals surface area contributed by atoms with Gasteiger partial charge >= 0.3 is 6.18 Å². The van der Waals surface area contributed by atoms with Crippen LogP contribution in [0, 0.1) is 12.8 Å². The molecule has 2 atom stereocenters. The van der Waals surface area contributed by atoms with E-state index in [4.69, 9.17) is 0 Å². The Hall–Kier alpha value is -1.19. The van der Waals surface area contributed by atoms with Gasteiger partial charge in [0.15, 0.2) is 0 Å². The molecule has 1 aliphatic carbocycles. The fraction of sp³-hybridized carbons (Fsp3) is 0.625. The van der Waals surface area contributed by atoms with E-state index in [1.807, 2.05) is 6.92 Å². The van der Waals surface area contributed by atoms with Crippen LogP contribution in [0.1, 0.15) is 50.2 Å². The highest BCUT2D eigenvalue weighted by atomic mass is 19.4. The third-order valence-corrected chi connectivity index (χ3v) is 4.34. The van der Waals surface area contributed by atoms with Gasteiger partial charge < -0.3 is 5.32 Å². The van der Waals surface area contributed by atoms with E-state index in [-0.39, 0.29) is 0 Å². The van der Waals surface area contributed by atoms with Crippen molar-refractivity contribution in [1.29, 1.82) is 0 Å². The van der Waals surface area contributed by atoms with E-state index in [1.54, 1.807) is 6.07 Å². The van der Waals surface area contributed by atoms with Crippen LogP contribution >= 0.6 is 0 Å². The largest absolute Gasteiger partial charge is 0.416 e. The van der Waals surface area contributed by atoms with Gasteiger partial charge in [-0.15, -0.1) is 0 Å². The summed E-state index contributed by atoms with van der Waals surface area (Å²) in [5.41, 5.74) is 0.929. The molecule has 0 amide bonds. The van der Waals surface area contributed by atoms with Crippen LogP contribution in [0.3, 0.4) is 0 Å². The second kappa shape index (κ2) is 6.06. The second-order valence-corrected chi connectivity index (χ2v) is 5.73. The van der Waals surface area contributed by atoms with E-state index in [1.165, 1.54) is 18.9 Å². The first-order valence-electron chi connectivity index (χ1n) is 7.36. The first kappa shape index (κ1) is 15.2. The standard InChI is InChI=1S/C16H22F3N/c1-3-12-6-4-5-7-14(12)20-15-10-13(16(17,18)19)9-8-11(15)2/h8-10,12,14,20H,3-7H2,1-2H3. The van der Waals surface area contributed by atoms with Crippen molar-refractivity contribution in [3.05, 3.63) is 29.3 Å². The number of anilines is 1. The molecule has 1 saturated carbocycles. The van der Waals surface area contributed by atoms with Crippen molar-refractivity contribution in [2.24, 2.45) is 5.92 Å². The van der Waals surface area contributed by atoms with Crippen molar-refractivity contribution < 1.29 is 13.2 Å².